The third-order valence-electron chi connectivity index (χ3n) is 2.57. The zero-order chi connectivity index (χ0) is 14.6. The highest BCUT2D eigenvalue weighted by Crippen LogP contribution is 2.26. The van der Waals surface area contributed by atoms with Crippen LogP contribution in [-0.4, -0.2) is 22.4 Å². The molecule has 0 unspecified atom stereocenters. The largest absolute Gasteiger partial charge is 0.460 e. The van der Waals surface area contributed by atoms with E-state index in [1.807, 2.05) is 32.0 Å². The molecule has 1 rings (SSSR count). The van der Waals surface area contributed by atoms with Crippen molar-refractivity contribution in [2.75, 3.05) is 11.9 Å². The number of nitrogens with one attached hydrogen (secondary N) is 1. The lowest BCUT2D eigenvalue weighted by Gasteiger charge is -2.19. The van der Waals surface area contributed by atoms with E-state index in [2.05, 4.69) is 5.32 Å². The molecule has 0 radical (unpaired) electrons. The van der Waals surface area contributed by atoms with Crippen molar-refractivity contribution >= 4 is 46.5 Å². The number of carbonyl (C=O) groups excluding carboxylic acids is 1. The van der Waals surface area contributed by atoms with Crippen LogP contribution >= 0.6 is 34.8 Å². The molecular formula is C13H16Cl3NO2. The molecule has 1 aromatic carbocycles. The second-order valence-corrected chi connectivity index (χ2v) is 6.87. The molecule has 0 spiro atoms. The summed E-state index contributed by atoms with van der Waals surface area (Å²) in [6, 6.07) is 5.37. The Hall–Kier alpha value is -0.640. The van der Waals surface area contributed by atoms with Crippen molar-refractivity contribution in [3.05, 3.63) is 29.3 Å². The highest BCUT2D eigenvalue weighted by Gasteiger charge is 2.24. The van der Waals surface area contributed by atoms with Gasteiger partial charge in [-0.3, -0.25) is 0 Å². The molecule has 0 fully saturated rings. The van der Waals surface area contributed by atoms with E-state index in [9.17, 15) is 4.79 Å². The number of halogens is 3. The van der Waals surface area contributed by atoms with Crippen LogP contribution in [0.25, 0.3) is 0 Å². The van der Waals surface area contributed by atoms with Gasteiger partial charge in [-0.25, -0.2) is 4.79 Å². The summed E-state index contributed by atoms with van der Waals surface area (Å²) in [6.07, 6.45) is 0. The van der Waals surface area contributed by atoms with Crippen molar-refractivity contribution in [3.8, 4) is 0 Å². The number of para-hydroxylation sites is 1. The van der Waals surface area contributed by atoms with Gasteiger partial charge in [-0.2, -0.15) is 0 Å². The Bertz CT molecular complexity index is 437. The van der Waals surface area contributed by atoms with Crippen LogP contribution in [0.1, 0.15) is 18.1 Å². The number of rotatable bonds is 4. The SMILES string of the molecule is Cc1cccc(C)c1N[C@@H](C)C(=O)OCC(Cl)(Cl)Cl. The van der Waals surface area contributed by atoms with E-state index in [0.717, 1.165) is 16.8 Å². The molecule has 0 aliphatic heterocycles. The van der Waals surface area contributed by atoms with Crippen molar-refractivity contribution in [1.29, 1.82) is 0 Å². The van der Waals surface area contributed by atoms with Gasteiger partial charge in [0.1, 0.15) is 12.6 Å². The van der Waals surface area contributed by atoms with E-state index in [4.69, 9.17) is 39.5 Å². The van der Waals surface area contributed by atoms with Crippen LogP contribution in [0.4, 0.5) is 5.69 Å². The quantitative estimate of drug-likeness (QED) is 0.671. The van der Waals surface area contributed by atoms with Crippen molar-refractivity contribution in [1.82, 2.24) is 0 Å². The first-order chi connectivity index (χ1) is 8.70. The number of benzene rings is 1. The summed E-state index contributed by atoms with van der Waals surface area (Å²) in [4.78, 5) is 11.8. The maximum Gasteiger partial charge on any atom is 0.328 e. The fourth-order valence-electron chi connectivity index (χ4n) is 1.60. The molecule has 1 N–H and O–H groups in total. The predicted molar refractivity (Wildman–Crippen MR) is 80.2 cm³/mol. The van der Waals surface area contributed by atoms with E-state index >= 15 is 0 Å². The Balaban J connectivity index is 2.64. The van der Waals surface area contributed by atoms with E-state index in [1.54, 1.807) is 6.92 Å². The van der Waals surface area contributed by atoms with Gasteiger partial charge in [0.05, 0.1) is 0 Å². The number of carbonyl (C=O) groups is 1. The molecule has 0 saturated carbocycles. The number of alkyl halides is 3. The third-order valence-corrected chi connectivity index (χ3v) is 2.90. The van der Waals surface area contributed by atoms with Gasteiger partial charge in [0.25, 0.3) is 0 Å². The minimum Gasteiger partial charge on any atom is -0.460 e. The molecular weight excluding hydrogens is 309 g/mol. The molecule has 19 heavy (non-hydrogen) atoms. The number of hydrogen-bond donors (Lipinski definition) is 1. The number of ether oxygens (including phenoxy) is 1. The second-order valence-electron chi connectivity index (χ2n) is 4.36. The lowest BCUT2D eigenvalue weighted by molar-refractivity contribution is -0.144. The van der Waals surface area contributed by atoms with Crippen LogP contribution < -0.4 is 5.32 Å². The Morgan fingerprint density at radius 3 is 2.32 bits per heavy atom. The van der Waals surface area contributed by atoms with Crippen LogP contribution in [0.15, 0.2) is 18.2 Å². The summed E-state index contributed by atoms with van der Waals surface area (Å²) in [7, 11) is 0. The Morgan fingerprint density at radius 1 is 1.32 bits per heavy atom. The Kier molecular flexibility index (Phi) is 5.78. The topological polar surface area (TPSA) is 38.3 Å². The molecule has 1 aromatic rings. The lowest BCUT2D eigenvalue weighted by Crippen LogP contribution is -2.31. The average molecular weight is 325 g/mol. The maximum atomic E-state index is 11.8. The van der Waals surface area contributed by atoms with Gasteiger partial charge >= 0.3 is 5.97 Å². The lowest BCUT2D eigenvalue weighted by atomic mass is 10.1. The molecule has 3 nitrogen and oxygen atoms in total. The standard InChI is InChI=1S/C13H16Cl3NO2/c1-8-5-4-6-9(2)11(8)17-10(3)12(18)19-7-13(14,15)16/h4-6,10,17H,7H2,1-3H3/t10-/m0/s1. The zero-order valence-corrected chi connectivity index (χ0v) is 13.2. The predicted octanol–water partition coefficient (Wildman–Crippen LogP) is 4.02. The summed E-state index contributed by atoms with van der Waals surface area (Å²) in [5, 5.41) is 3.11. The number of anilines is 1. The average Bonchev–Trinajstić information content (AvgIpc) is 2.29. The number of aryl methyl sites for hydroxylation is 2. The minimum atomic E-state index is -1.59. The van der Waals surface area contributed by atoms with Crippen molar-refractivity contribution < 1.29 is 9.53 Å². The van der Waals surface area contributed by atoms with Crippen LogP contribution in [0, 0.1) is 13.8 Å². The van der Waals surface area contributed by atoms with Crippen molar-refractivity contribution in [2.24, 2.45) is 0 Å². The minimum absolute atomic E-state index is 0.269. The van der Waals surface area contributed by atoms with Gasteiger partial charge in [-0.1, -0.05) is 53.0 Å². The monoisotopic (exact) mass is 323 g/mol. The van der Waals surface area contributed by atoms with Crippen LogP contribution in [-0.2, 0) is 9.53 Å². The molecule has 6 heteroatoms. The molecule has 106 valence electrons. The molecule has 0 aliphatic rings. The van der Waals surface area contributed by atoms with Gasteiger partial charge in [0.15, 0.2) is 0 Å². The van der Waals surface area contributed by atoms with Crippen LogP contribution in [0.5, 0.6) is 0 Å². The molecule has 0 aromatic heterocycles. The van der Waals surface area contributed by atoms with E-state index in [0.29, 0.717) is 0 Å². The highest BCUT2D eigenvalue weighted by atomic mass is 35.6. The number of hydrogen-bond acceptors (Lipinski definition) is 3. The molecule has 0 saturated heterocycles. The summed E-state index contributed by atoms with van der Waals surface area (Å²) in [5.41, 5.74) is 3.03. The van der Waals surface area contributed by atoms with Gasteiger partial charge < -0.3 is 10.1 Å². The van der Waals surface area contributed by atoms with Crippen molar-refractivity contribution in [2.45, 2.75) is 30.6 Å². The first-order valence-corrected chi connectivity index (χ1v) is 6.90. The molecule has 0 aliphatic carbocycles. The fraction of sp³-hybridized carbons (Fsp3) is 0.462. The molecule has 0 amide bonds. The van der Waals surface area contributed by atoms with E-state index in [-0.39, 0.29) is 6.61 Å². The van der Waals surface area contributed by atoms with Crippen LogP contribution in [0.2, 0.25) is 0 Å². The van der Waals surface area contributed by atoms with Gasteiger partial charge in [0, 0.05) is 5.69 Å². The maximum absolute atomic E-state index is 11.8. The van der Waals surface area contributed by atoms with Crippen molar-refractivity contribution in [3.63, 3.8) is 0 Å². The molecule has 0 heterocycles. The van der Waals surface area contributed by atoms with Crippen LogP contribution in [0.3, 0.4) is 0 Å². The normalized spacial score (nSPS) is 12.9. The Labute approximate surface area is 128 Å². The molecule has 0 bridgehead atoms. The summed E-state index contributed by atoms with van der Waals surface area (Å²) in [5.74, 6) is -0.464. The summed E-state index contributed by atoms with van der Waals surface area (Å²) in [6.45, 7) is 5.37. The first kappa shape index (κ1) is 16.4. The fourth-order valence-corrected chi connectivity index (χ4v) is 1.76. The van der Waals surface area contributed by atoms with Gasteiger partial charge in [-0.05, 0) is 31.9 Å². The van der Waals surface area contributed by atoms with Gasteiger partial charge in [0.2, 0.25) is 3.79 Å². The number of esters is 1. The van der Waals surface area contributed by atoms with E-state index in [1.165, 1.54) is 0 Å². The third kappa shape index (κ3) is 5.47. The zero-order valence-electron chi connectivity index (χ0n) is 11.0. The van der Waals surface area contributed by atoms with Gasteiger partial charge in [-0.15, -0.1) is 0 Å². The first-order valence-electron chi connectivity index (χ1n) is 5.77. The molecule has 1 atom stereocenters. The summed E-state index contributed by atoms with van der Waals surface area (Å²) >= 11 is 16.6. The Morgan fingerprint density at radius 2 is 1.84 bits per heavy atom. The van der Waals surface area contributed by atoms with E-state index < -0.39 is 15.8 Å². The highest BCUT2D eigenvalue weighted by molar-refractivity contribution is 6.67. The smallest absolute Gasteiger partial charge is 0.328 e. The summed E-state index contributed by atoms with van der Waals surface area (Å²) < 4.78 is 3.33. The second kappa shape index (κ2) is 6.69.